The molecule has 0 heterocycles. The molecule has 0 saturated carbocycles. The van der Waals surface area contributed by atoms with Crippen LogP contribution in [0, 0.1) is 0 Å². The molecule has 0 aliphatic carbocycles. The van der Waals surface area contributed by atoms with Gasteiger partial charge in [0.1, 0.15) is 5.75 Å². The average Bonchev–Trinajstić information content (AvgIpc) is 2.42. The summed E-state index contributed by atoms with van der Waals surface area (Å²) in [6, 6.07) is 4.80. The summed E-state index contributed by atoms with van der Waals surface area (Å²) in [6.07, 6.45) is 0. The summed E-state index contributed by atoms with van der Waals surface area (Å²) < 4.78 is 5.07. The molecule has 1 aromatic carbocycles. The van der Waals surface area contributed by atoms with E-state index in [2.05, 4.69) is 5.32 Å². The Morgan fingerprint density at radius 1 is 1.37 bits per heavy atom. The normalized spacial score (nSPS) is 9.84. The van der Waals surface area contributed by atoms with Crippen molar-refractivity contribution in [2.75, 3.05) is 33.0 Å². The number of nitrogen functional groups attached to an aromatic ring is 1. The van der Waals surface area contributed by atoms with Gasteiger partial charge in [0.15, 0.2) is 0 Å². The SMILES string of the molecule is CCN(CC(=O)NC)C(=O)c1cc(N)cc(OC)c1. The Kier molecular flexibility index (Phi) is 5.17. The number of methoxy groups -OCH3 is 1. The maximum absolute atomic E-state index is 12.3. The molecule has 1 aromatic rings. The van der Waals surface area contributed by atoms with Gasteiger partial charge in [-0.2, -0.15) is 0 Å². The Balaban J connectivity index is 2.96. The fourth-order valence-electron chi connectivity index (χ4n) is 1.63. The second-order valence-corrected chi connectivity index (χ2v) is 3.99. The molecule has 0 aromatic heterocycles. The predicted molar refractivity (Wildman–Crippen MR) is 73.1 cm³/mol. The fourth-order valence-corrected chi connectivity index (χ4v) is 1.63. The quantitative estimate of drug-likeness (QED) is 0.759. The molecule has 0 saturated heterocycles. The molecule has 1 rings (SSSR count). The fraction of sp³-hybridized carbons (Fsp3) is 0.385. The number of carbonyl (C=O) groups excluding carboxylic acids is 2. The summed E-state index contributed by atoms with van der Waals surface area (Å²) in [5, 5.41) is 2.49. The number of likely N-dealkylation sites (N-methyl/N-ethyl adjacent to an activating group) is 2. The second kappa shape index (κ2) is 6.63. The molecule has 6 nitrogen and oxygen atoms in total. The van der Waals surface area contributed by atoms with Crippen molar-refractivity contribution >= 4 is 17.5 Å². The van der Waals surface area contributed by atoms with Gasteiger partial charge in [0.2, 0.25) is 5.91 Å². The van der Waals surface area contributed by atoms with E-state index in [-0.39, 0.29) is 18.4 Å². The Morgan fingerprint density at radius 3 is 2.58 bits per heavy atom. The maximum atomic E-state index is 12.3. The zero-order chi connectivity index (χ0) is 14.4. The number of rotatable bonds is 5. The van der Waals surface area contributed by atoms with Crippen LogP contribution in [0.1, 0.15) is 17.3 Å². The van der Waals surface area contributed by atoms with Gasteiger partial charge in [0, 0.05) is 30.9 Å². The number of nitrogens with two attached hydrogens (primary N) is 1. The highest BCUT2D eigenvalue weighted by molar-refractivity contribution is 5.97. The number of carbonyl (C=O) groups is 2. The number of ether oxygens (including phenoxy) is 1. The first-order valence-electron chi connectivity index (χ1n) is 5.96. The van der Waals surface area contributed by atoms with Crippen molar-refractivity contribution in [3.05, 3.63) is 23.8 Å². The third-order valence-corrected chi connectivity index (χ3v) is 2.69. The van der Waals surface area contributed by atoms with E-state index in [1.807, 2.05) is 6.92 Å². The van der Waals surface area contributed by atoms with E-state index >= 15 is 0 Å². The Hall–Kier alpha value is -2.24. The molecule has 6 heteroatoms. The number of anilines is 1. The van der Waals surface area contributed by atoms with E-state index in [1.165, 1.54) is 19.1 Å². The highest BCUT2D eigenvalue weighted by Gasteiger charge is 2.17. The Labute approximate surface area is 112 Å². The van der Waals surface area contributed by atoms with Crippen molar-refractivity contribution in [3.8, 4) is 5.75 Å². The van der Waals surface area contributed by atoms with Crippen LogP contribution in [0.2, 0.25) is 0 Å². The number of benzene rings is 1. The molecule has 2 amide bonds. The van der Waals surface area contributed by atoms with Crippen molar-refractivity contribution in [2.24, 2.45) is 0 Å². The lowest BCUT2D eigenvalue weighted by Gasteiger charge is -2.20. The van der Waals surface area contributed by atoms with E-state index in [4.69, 9.17) is 10.5 Å². The largest absolute Gasteiger partial charge is 0.497 e. The number of hydrogen-bond acceptors (Lipinski definition) is 4. The molecule has 0 unspecified atom stereocenters. The Morgan fingerprint density at radius 2 is 2.05 bits per heavy atom. The molecule has 19 heavy (non-hydrogen) atoms. The van der Waals surface area contributed by atoms with E-state index in [1.54, 1.807) is 18.2 Å². The minimum absolute atomic E-state index is 0.0168. The van der Waals surface area contributed by atoms with E-state index in [9.17, 15) is 9.59 Å². The van der Waals surface area contributed by atoms with Gasteiger partial charge < -0.3 is 20.7 Å². The minimum atomic E-state index is -0.253. The lowest BCUT2D eigenvalue weighted by atomic mass is 10.1. The standard InChI is InChI=1S/C13H19N3O3/c1-4-16(8-12(17)15-2)13(18)9-5-10(14)7-11(6-9)19-3/h5-7H,4,8,14H2,1-3H3,(H,15,17). The topological polar surface area (TPSA) is 84.7 Å². The van der Waals surface area contributed by atoms with E-state index in [0.717, 1.165) is 0 Å². The van der Waals surface area contributed by atoms with Crippen molar-refractivity contribution in [1.29, 1.82) is 0 Å². The van der Waals surface area contributed by atoms with Crippen LogP contribution in [0.25, 0.3) is 0 Å². The predicted octanol–water partition coefficient (Wildman–Crippen LogP) is 0.486. The summed E-state index contributed by atoms with van der Waals surface area (Å²) in [4.78, 5) is 25.1. The van der Waals surface area contributed by atoms with Gasteiger partial charge in [-0.25, -0.2) is 0 Å². The number of nitrogens with one attached hydrogen (secondary N) is 1. The molecule has 0 atom stereocenters. The monoisotopic (exact) mass is 265 g/mol. The first kappa shape index (κ1) is 14.8. The van der Waals surface area contributed by atoms with Gasteiger partial charge in [-0.1, -0.05) is 0 Å². The molecule has 0 spiro atoms. The summed E-state index contributed by atoms with van der Waals surface area (Å²) in [6.45, 7) is 2.26. The molecule has 0 fully saturated rings. The van der Waals surface area contributed by atoms with E-state index in [0.29, 0.717) is 23.5 Å². The van der Waals surface area contributed by atoms with Crippen molar-refractivity contribution in [2.45, 2.75) is 6.92 Å². The van der Waals surface area contributed by atoms with Crippen LogP contribution in [-0.2, 0) is 4.79 Å². The first-order valence-corrected chi connectivity index (χ1v) is 5.96. The van der Waals surface area contributed by atoms with Crippen LogP contribution in [0.4, 0.5) is 5.69 Å². The molecule has 0 aliphatic rings. The molecule has 0 bridgehead atoms. The van der Waals surface area contributed by atoms with Gasteiger partial charge in [-0.3, -0.25) is 9.59 Å². The van der Waals surface area contributed by atoms with Gasteiger partial charge >= 0.3 is 0 Å². The lowest BCUT2D eigenvalue weighted by molar-refractivity contribution is -0.121. The van der Waals surface area contributed by atoms with Gasteiger partial charge in [0.05, 0.1) is 13.7 Å². The molecule has 0 radical (unpaired) electrons. The molecule has 104 valence electrons. The second-order valence-electron chi connectivity index (χ2n) is 3.99. The molecule has 0 aliphatic heterocycles. The van der Waals surface area contributed by atoms with Crippen LogP contribution in [0.15, 0.2) is 18.2 Å². The first-order chi connectivity index (χ1) is 9.01. The zero-order valence-electron chi connectivity index (χ0n) is 11.4. The summed E-state index contributed by atoms with van der Waals surface area (Å²) in [5.41, 5.74) is 6.56. The van der Waals surface area contributed by atoms with E-state index < -0.39 is 0 Å². The smallest absolute Gasteiger partial charge is 0.254 e. The number of nitrogens with zero attached hydrogens (tertiary/aromatic N) is 1. The van der Waals surface area contributed by atoms with Crippen LogP contribution in [0.3, 0.4) is 0 Å². The molecular formula is C13H19N3O3. The third kappa shape index (κ3) is 3.87. The Bertz CT molecular complexity index is 474. The highest BCUT2D eigenvalue weighted by atomic mass is 16.5. The lowest BCUT2D eigenvalue weighted by Crippen LogP contribution is -2.39. The molecule has 3 N–H and O–H groups in total. The molecular weight excluding hydrogens is 246 g/mol. The van der Waals surface area contributed by atoms with Crippen LogP contribution >= 0.6 is 0 Å². The summed E-state index contributed by atoms with van der Waals surface area (Å²) in [7, 11) is 3.04. The maximum Gasteiger partial charge on any atom is 0.254 e. The van der Waals surface area contributed by atoms with Gasteiger partial charge in [-0.15, -0.1) is 0 Å². The average molecular weight is 265 g/mol. The van der Waals surface area contributed by atoms with Crippen LogP contribution < -0.4 is 15.8 Å². The highest BCUT2D eigenvalue weighted by Crippen LogP contribution is 2.19. The number of amides is 2. The van der Waals surface area contributed by atoms with Crippen molar-refractivity contribution < 1.29 is 14.3 Å². The van der Waals surface area contributed by atoms with Crippen LogP contribution in [0.5, 0.6) is 5.75 Å². The van der Waals surface area contributed by atoms with Gasteiger partial charge in [0.25, 0.3) is 5.91 Å². The van der Waals surface area contributed by atoms with Gasteiger partial charge in [-0.05, 0) is 19.1 Å². The third-order valence-electron chi connectivity index (χ3n) is 2.69. The summed E-state index contributed by atoms with van der Waals surface area (Å²) >= 11 is 0. The zero-order valence-corrected chi connectivity index (χ0v) is 11.4. The number of hydrogen-bond donors (Lipinski definition) is 2. The van der Waals surface area contributed by atoms with Crippen LogP contribution in [-0.4, -0.2) is 44.0 Å². The van der Waals surface area contributed by atoms with Crippen molar-refractivity contribution in [1.82, 2.24) is 10.2 Å². The summed E-state index contributed by atoms with van der Waals surface area (Å²) in [5.74, 6) is 0.0436. The van der Waals surface area contributed by atoms with Crippen molar-refractivity contribution in [3.63, 3.8) is 0 Å². The minimum Gasteiger partial charge on any atom is -0.497 e.